The Balaban J connectivity index is 0.000000202. The van der Waals surface area contributed by atoms with Gasteiger partial charge in [-0.1, -0.05) is 36.4 Å². The van der Waals surface area contributed by atoms with E-state index in [-0.39, 0.29) is 44.4 Å². The van der Waals surface area contributed by atoms with Gasteiger partial charge in [-0.05, 0) is 208 Å². The molecule has 34 heteroatoms. The molecule has 10 rings (SSSR count). The van der Waals surface area contributed by atoms with Crippen molar-refractivity contribution in [3.63, 3.8) is 0 Å². The maximum Gasteiger partial charge on any atom is 0.340 e. The van der Waals surface area contributed by atoms with Gasteiger partial charge < -0.3 is 34.9 Å². The third kappa shape index (κ3) is 21.4. The monoisotopic (exact) mass is 1560 g/mol. The van der Waals surface area contributed by atoms with Gasteiger partial charge in [0, 0.05) is 54.4 Å². The maximum atomic E-state index is 14.1. The average Bonchev–Trinajstić information content (AvgIpc) is 1.62. The normalized spacial score (nSPS) is 12.5. The lowest BCUT2D eigenvalue weighted by atomic mass is 10.1. The number of alkyl halides is 12. The molecule has 0 saturated carbocycles. The lowest BCUT2D eigenvalue weighted by molar-refractivity contribution is -0.148. The van der Waals surface area contributed by atoms with Gasteiger partial charge in [0.05, 0.1) is 39.6 Å². The maximum absolute atomic E-state index is 14.1. The summed E-state index contributed by atoms with van der Waals surface area (Å²) in [6.07, 6.45) is -5.71. The van der Waals surface area contributed by atoms with Gasteiger partial charge >= 0.3 is 37.0 Å². The molecule has 0 unspecified atom stereocenters. The number of ether oxygens (including phenoxy) is 4. The summed E-state index contributed by atoms with van der Waals surface area (Å²) in [5.41, 5.74) is 4.90. The van der Waals surface area contributed by atoms with Crippen LogP contribution >= 0.6 is 0 Å². The van der Waals surface area contributed by atoms with E-state index in [1.165, 1.54) is 136 Å². The van der Waals surface area contributed by atoms with E-state index in [9.17, 15) is 91.1 Å². The molecule has 10 aromatic rings. The highest BCUT2D eigenvalue weighted by Crippen LogP contribution is 2.33. The van der Waals surface area contributed by atoms with E-state index in [0.717, 1.165) is 29.1 Å². The van der Waals surface area contributed by atoms with E-state index in [0.29, 0.717) is 103 Å². The number of nitrogens with zero attached hydrogens (tertiary/aromatic N) is 3. The minimum Gasteiger partial charge on any atom is -0.497 e. The summed E-state index contributed by atoms with van der Waals surface area (Å²) in [4.78, 5) is 0.0162. The number of nitrogens with one attached hydrogen (secondary N) is 3. The Morgan fingerprint density at radius 1 is 0.425 bits per heavy atom. The van der Waals surface area contributed by atoms with Gasteiger partial charge in [-0.25, -0.2) is 76.7 Å². The van der Waals surface area contributed by atoms with Gasteiger partial charge in [-0.2, -0.15) is 26.3 Å². The highest BCUT2D eigenvalue weighted by molar-refractivity contribution is 7.91. The van der Waals surface area contributed by atoms with Gasteiger partial charge in [-0.15, -0.1) is 0 Å². The zero-order chi connectivity index (χ0) is 77.5. The van der Waals surface area contributed by atoms with Gasteiger partial charge in [0.1, 0.15) is 40.4 Å². The number of fused-ring (bicyclic) bond motifs is 3. The SMILES string of the molecule is CC(C)S(=O)(=O)n1cc(CCNCc2cccc(OCC(F)(F)C(F)F)c2)c2ccc(F)cc21.CCS(=O)(=O)n1cc(CCNCc2cccc(OCC(F)(F)C(F)F)c2)c2ccc(F)cc21.COc1ccc(S(=O)(=O)n2cc(CCNCc3cccc(OCC(F)(F)C(F)F)c3)c3ccc(F)cc32)cc1. The van der Waals surface area contributed by atoms with Crippen molar-refractivity contribution >= 4 is 62.8 Å². The van der Waals surface area contributed by atoms with E-state index >= 15 is 0 Å². The van der Waals surface area contributed by atoms with Crippen LogP contribution in [0.5, 0.6) is 23.0 Å². The standard InChI is InChI=1S/C27H25F5N2O4S.C23H25F5N2O3S.C22H23F5N2O3S/c1-37-21-6-8-23(9-7-21)39(35,36)34-16-19(24-10-5-20(28)14-25(24)34)11-12-33-15-18-3-2-4-22(13-18)38-17-27(31,32)26(29)30;1-15(2)34(31,32)30-13-17(20-7-6-18(24)11-21(20)30)8-9-29-12-16-4-3-5-19(10-16)33-14-23(27,28)22(25)26;1-2-33(30,31)29-13-16(19-7-6-17(23)11-20(19)29)8-9-28-12-15-4-3-5-18(10-15)32-14-22(26,27)21(24)25/h2-10,13-14,16,26,33H,11-12,15,17H2,1H3;3-7,10-11,13,15,22,29H,8-9,12,14H2,1-2H3;3-7,10-11,13,21,28H,2,8-9,12,14H2,1H3. The van der Waals surface area contributed by atoms with Crippen LogP contribution in [0.3, 0.4) is 0 Å². The van der Waals surface area contributed by atoms with Gasteiger partial charge in [0.15, 0.2) is 19.8 Å². The zero-order valence-corrected chi connectivity index (χ0v) is 59.4. The molecule has 0 amide bonds. The largest absolute Gasteiger partial charge is 0.497 e. The molecule has 0 aliphatic carbocycles. The summed E-state index contributed by atoms with van der Waals surface area (Å²) in [6.45, 7) is 2.57. The molecular formula is C72H73F15N6O10S3. The fraction of sp³-hybridized carbons (Fsp3) is 0.333. The minimum absolute atomic E-state index is 0.0162. The Bertz CT molecular complexity index is 4970. The van der Waals surface area contributed by atoms with Crippen molar-refractivity contribution in [3.8, 4) is 23.0 Å². The number of hydrogen-bond acceptors (Lipinski definition) is 13. The second-order valence-corrected chi connectivity index (χ2v) is 30.6. The molecule has 0 fully saturated rings. The fourth-order valence-corrected chi connectivity index (χ4v) is 14.1. The van der Waals surface area contributed by atoms with Gasteiger partial charge in [-0.3, -0.25) is 0 Å². The Morgan fingerprint density at radius 3 is 1.08 bits per heavy atom. The zero-order valence-electron chi connectivity index (χ0n) is 57.0. The predicted octanol–water partition coefficient (Wildman–Crippen LogP) is 15.2. The van der Waals surface area contributed by atoms with Crippen LogP contribution in [0.2, 0.25) is 0 Å². The number of hydrogen-bond donors (Lipinski definition) is 3. The van der Waals surface area contributed by atoms with E-state index < -0.39 is 110 Å². The predicted molar refractivity (Wildman–Crippen MR) is 370 cm³/mol. The van der Waals surface area contributed by atoms with Crippen molar-refractivity contribution in [2.45, 2.75) is 107 Å². The highest BCUT2D eigenvalue weighted by Gasteiger charge is 2.43. The number of aromatic nitrogens is 3. The summed E-state index contributed by atoms with van der Waals surface area (Å²) in [5, 5.41) is 10.6. The molecule has 574 valence electrons. The lowest BCUT2D eigenvalue weighted by Gasteiger charge is -2.16. The van der Waals surface area contributed by atoms with Crippen LogP contribution in [0.1, 0.15) is 54.2 Å². The van der Waals surface area contributed by atoms with Crippen LogP contribution in [0.15, 0.2) is 175 Å². The minimum atomic E-state index is -4.25. The molecule has 0 atom stereocenters. The van der Waals surface area contributed by atoms with Crippen LogP contribution in [0, 0.1) is 17.5 Å². The first-order chi connectivity index (χ1) is 50.0. The van der Waals surface area contributed by atoms with E-state index in [1.807, 2.05) is 0 Å². The molecule has 0 spiro atoms. The molecular weight excluding hydrogens is 1490 g/mol. The quantitative estimate of drug-likeness (QED) is 0.0255. The van der Waals surface area contributed by atoms with Crippen LogP contribution in [-0.2, 0) is 69.0 Å². The number of halogens is 15. The molecule has 0 aliphatic heterocycles. The lowest BCUT2D eigenvalue weighted by Crippen LogP contribution is -2.33. The average molecular weight is 1560 g/mol. The smallest absolute Gasteiger partial charge is 0.340 e. The van der Waals surface area contributed by atoms with Crippen LogP contribution < -0.4 is 34.9 Å². The second kappa shape index (κ2) is 35.6. The van der Waals surface area contributed by atoms with Crippen molar-refractivity contribution in [2.75, 3.05) is 52.3 Å². The van der Waals surface area contributed by atoms with E-state index in [4.69, 9.17) is 18.9 Å². The first-order valence-corrected chi connectivity index (χ1v) is 37.0. The third-order valence-corrected chi connectivity index (χ3v) is 21.6. The Morgan fingerprint density at radius 2 is 0.755 bits per heavy atom. The first-order valence-electron chi connectivity index (χ1n) is 32.5. The van der Waals surface area contributed by atoms with Crippen molar-refractivity contribution in [3.05, 3.63) is 221 Å². The van der Waals surface area contributed by atoms with Gasteiger partial charge in [0.25, 0.3) is 10.0 Å². The Hall–Kier alpha value is -8.96. The van der Waals surface area contributed by atoms with E-state index in [2.05, 4.69) is 16.0 Å². The molecule has 16 nitrogen and oxygen atoms in total. The first kappa shape index (κ1) is 82.7. The number of benzene rings is 7. The number of rotatable bonds is 34. The van der Waals surface area contributed by atoms with Crippen molar-refractivity contribution in [1.29, 1.82) is 0 Å². The summed E-state index contributed by atoms with van der Waals surface area (Å²) >= 11 is 0. The second-order valence-electron chi connectivity index (χ2n) is 24.3. The van der Waals surface area contributed by atoms with Crippen molar-refractivity contribution < 1.29 is 110 Å². The van der Waals surface area contributed by atoms with Gasteiger partial charge in [0.2, 0.25) is 20.0 Å². The molecule has 7 aromatic carbocycles. The van der Waals surface area contributed by atoms with Crippen molar-refractivity contribution in [1.82, 2.24) is 27.9 Å². The van der Waals surface area contributed by atoms with Crippen molar-refractivity contribution in [2.24, 2.45) is 0 Å². The molecule has 3 heterocycles. The molecule has 0 saturated heterocycles. The molecule has 0 aliphatic rings. The van der Waals surface area contributed by atoms with Crippen LogP contribution in [0.4, 0.5) is 65.9 Å². The Kier molecular flexibility index (Phi) is 27.8. The Labute approximate surface area is 601 Å². The summed E-state index contributed by atoms with van der Waals surface area (Å²) in [6, 6.07) is 36.2. The fourth-order valence-electron chi connectivity index (χ4n) is 10.5. The summed E-state index contributed by atoms with van der Waals surface area (Å²) in [5.74, 6) is -13.9. The molecule has 3 aromatic heterocycles. The van der Waals surface area contributed by atoms with E-state index in [1.54, 1.807) is 56.3 Å². The highest BCUT2D eigenvalue weighted by atomic mass is 32.2. The summed E-state index contributed by atoms with van der Waals surface area (Å²) < 4.78 is 293. The molecule has 106 heavy (non-hydrogen) atoms. The number of methoxy groups -OCH3 is 1. The molecule has 0 radical (unpaired) electrons. The third-order valence-electron chi connectivity index (χ3n) is 16.2. The summed E-state index contributed by atoms with van der Waals surface area (Å²) in [7, 11) is -9.85. The van der Waals surface area contributed by atoms with Crippen LogP contribution in [0.25, 0.3) is 32.7 Å². The topological polar surface area (TPSA) is 190 Å². The van der Waals surface area contributed by atoms with Crippen LogP contribution in [-0.4, -0.2) is 132 Å². The molecule has 0 bridgehead atoms. The molecule has 3 N–H and O–H groups in total.